The first-order valence-corrected chi connectivity index (χ1v) is 12.1. The number of nitrogens with zero attached hydrogens (tertiary/aromatic N) is 6. The Morgan fingerprint density at radius 1 is 1.31 bits per heavy atom. The molecule has 3 aromatic rings. The predicted octanol–water partition coefficient (Wildman–Crippen LogP) is 5.37. The van der Waals surface area contributed by atoms with E-state index in [1.165, 1.54) is 31.0 Å². The number of rotatable bonds is 8. The van der Waals surface area contributed by atoms with Crippen LogP contribution in [-0.4, -0.2) is 56.3 Å². The van der Waals surface area contributed by atoms with E-state index in [2.05, 4.69) is 21.1 Å². The molecule has 0 N–H and O–H groups in total. The summed E-state index contributed by atoms with van der Waals surface area (Å²) in [6.45, 7) is 3.18. The van der Waals surface area contributed by atoms with Crippen LogP contribution in [0.1, 0.15) is 40.6 Å². The van der Waals surface area contributed by atoms with Crippen molar-refractivity contribution in [2.24, 2.45) is 7.05 Å². The summed E-state index contributed by atoms with van der Waals surface area (Å²) in [5, 5.41) is 26.5. The smallest absolute Gasteiger partial charge is 0.410 e. The van der Waals surface area contributed by atoms with Gasteiger partial charge in [-0.15, -0.1) is 16.4 Å². The van der Waals surface area contributed by atoms with Crippen molar-refractivity contribution in [3.05, 3.63) is 28.1 Å². The van der Waals surface area contributed by atoms with Crippen molar-refractivity contribution in [1.82, 2.24) is 19.8 Å². The maximum atomic E-state index is 13.8. The van der Waals surface area contributed by atoms with Crippen molar-refractivity contribution in [2.45, 2.75) is 50.7 Å². The fraction of sp³-hybridized carbons (Fsp3) is 0.435. The van der Waals surface area contributed by atoms with Gasteiger partial charge in [0.15, 0.2) is 5.76 Å². The number of hydrogen-bond acceptors (Lipinski definition) is 8. The average molecular weight is 572 g/mol. The number of carbonyl (C=O) groups is 1. The Hall–Kier alpha value is -4.05. The quantitative estimate of drug-likeness (QED) is 0.333. The third-order valence-electron chi connectivity index (χ3n) is 6.13. The van der Waals surface area contributed by atoms with E-state index >= 15 is 0 Å². The molecule has 16 heteroatoms. The molecule has 0 bridgehead atoms. The molecule has 39 heavy (non-hydrogen) atoms. The normalized spacial score (nSPS) is 15.4. The topological polar surface area (TPSA) is 121 Å². The second-order valence-corrected chi connectivity index (χ2v) is 9.76. The number of ether oxygens (including phenoxy) is 1. The van der Waals surface area contributed by atoms with Gasteiger partial charge in [0, 0.05) is 25.2 Å². The van der Waals surface area contributed by atoms with E-state index in [1.807, 2.05) is 6.07 Å². The van der Waals surface area contributed by atoms with Gasteiger partial charge >= 0.3 is 12.3 Å². The van der Waals surface area contributed by atoms with Crippen molar-refractivity contribution in [2.75, 3.05) is 6.54 Å². The van der Waals surface area contributed by atoms with Crippen LogP contribution < -0.4 is 4.74 Å². The summed E-state index contributed by atoms with van der Waals surface area (Å²) in [7, 11) is 1.27. The van der Waals surface area contributed by atoms with Crippen LogP contribution in [0.5, 0.6) is 5.88 Å². The molecular formula is C23H18F6N6O3S. The fourth-order valence-corrected chi connectivity index (χ4v) is 4.93. The Morgan fingerprint density at radius 3 is 2.51 bits per heavy atom. The molecule has 1 amide bonds. The Labute approximate surface area is 220 Å². The number of amides is 1. The highest BCUT2D eigenvalue weighted by Crippen LogP contribution is 2.43. The lowest BCUT2D eigenvalue weighted by Gasteiger charge is -2.25. The number of hydrogen-bond donors (Lipinski definition) is 0. The van der Waals surface area contributed by atoms with E-state index in [4.69, 9.17) is 4.52 Å². The molecule has 0 aromatic carbocycles. The van der Waals surface area contributed by atoms with Crippen LogP contribution in [-0.2, 0) is 7.05 Å². The van der Waals surface area contributed by atoms with E-state index in [9.17, 15) is 41.7 Å². The zero-order valence-electron chi connectivity index (χ0n) is 20.4. The van der Waals surface area contributed by atoms with E-state index < -0.39 is 35.8 Å². The monoisotopic (exact) mass is 572 g/mol. The molecule has 0 saturated heterocycles. The van der Waals surface area contributed by atoms with Crippen LogP contribution in [0.25, 0.3) is 22.0 Å². The molecule has 4 rings (SSSR count). The summed E-state index contributed by atoms with van der Waals surface area (Å²) in [6.07, 6.45) is -14.6. The average Bonchev–Trinajstić information content (AvgIpc) is 3.18. The van der Waals surface area contributed by atoms with E-state index in [1.54, 1.807) is 6.92 Å². The molecule has 1 saturated carbocycles. The molecule has 0 radical (unpaired) electrons. The lowest BCUT2D eigenvalue weighted by atomic mass is 10.1. The Bertz CT molecular complexity index is 1510. The summed E-state index contributed by atoms with van der Waals surface area (Å²) in [5.74, 6) is -1.36. The lowest BCUT2D eigenvalue weighted by molar-refractivity contribution is -0.305. The SMILES string of the molecule is CCN(C(=O)c1cc(-c2cc(-c3c(C)c(OC(F)(F)C(F)C(F)(F)F)nn3C)no2)sc1C#N)C1(C#N)CC1. The van der Waals surface area contributed by atoms with Crippen LogP contribution in [0.3, 0.4) is 0 Å². The zero-order chi connectivity index (χ0) is 28.9. The Balaban J connectivity index is 1.64. The second kappa shape index (κ2) is 9.60. The molecule has 1 unspecified atom stereocenters. The van der Waals surface area contributed by atoms with Gasteiger partial charge in [0.25, 0.3) is 12.1 Å². The number of carbonyl (C=O) groups excluding carboxylic acids is 1. The number of alkyl halides is 6. The van der Waals surface area contributed by atoms with Gasteiger partial charge in [0.1, 0.15) is 22.2 Å². The van der Waals surface area contributed by atoms with Gasteiger partial charge < -0.3 is 14.2 Å². The van der Waals surface area contributed by atoms with Gasteiger partial charge in [0.2, 0.25) is 5.88 Å². The molecule has 206 valence electrons. The van der Waals surface area contributed by atoms with E-state index in [0.29, 0.717) is 17.7 Å². The molecule has 3 heterocycles. The van der Waals surface area contributed by atoms with Gasteiger partial charge in [-0.2, -0.15) is 32.5 Å². The number of thiophene rings is 1. The van der Waals surface area contributed by atoms with Gasteiger partial charge in [-0.25, -0.2) is 4.39 Å². The van der Waals surface area contributed by atoms with Gasteiger partial charge in [-0.05, 0) is 32.8 Å². The third kappa shape index (κ3) is 4.92. The van der Waals surface area contributed by atoms with Gasteiger partial charge in [0.05, 0.1) is 22.2 Å². The molecule has 9 nitrogen and oxygen atoms in total. The molecule has 1 fully saturated rings. The minimum Gasteiger partial charge on any atom is -0.410 e. The summed E-state index contributed by atoms with van der Waals surface area (Å²) in [6, 6.07) is 6.85. The standard InChI is InChI=1S/C23H18F6N6O3S/c1-4-35(21(10-31)5-6-21)19(36)12-7-15(39-16(12)9-30)14-8-13(33-38-14)17-11(2)18(32-34(17)3)37-23(28,29)20(24)22(25,26)27/h7-8,20H,4-6H2,1-3H3. The first-order valence-electron chi connectivity index (χ1n) is 11.2. The number of nitriles is 2. The van der Waals surface area contributed by atoms with Crippen molar-refractivity contribution in [3.63, 3.8) is 0 Å². The van der Waals surface area contributed by atoms with Crippen molar-refractivity contribution in [3.8, 4) is 40.0 Å². The van der Waals surface area contributed by atoms with Gasteiger partial charge in [-0.1, -0.05) is 5.16 Å². The molecule has 1 aliphatic rings. The van der Waals surface area contributed by atoms with E-state index in [0.717, 1.165) is 16.0 Å². The van der Waals surface area contributed by atoms with E-state index in [-0.39, 0.29) is 39.7 Å². The van der Waals surface area contributed by atoms with Crippen molar-refractivity contribution < 1.29 is 40.4 Å². The number of aromatic nitrogens is 3. The molecule has 1 aliphatic carbocycles. The fourth-order valence-electron chi connectivity index (χ4n) is 4.04. The highest BCUT2D eigenvalue weighted by Gasteiger charge is 2.60. The largest absolute Gasteiger partial charge is 0.440 e. The van der Waals surface area contributed by atoms with Crippen LogP contribution in [0.2, 0.25) is 0 Å². The Kier molecular flexibility index (Phi) is 6.89. The molecule has 1 atom stereocenters. The van der Waals surface area contributed by atoms with Crippen LogP contribution in [0.4, 0.5) is 26.3 Å². The first kappa shape index (κ1) is 28.0. The highest BCUT2D eigenvalue weighted by molar-refractivity contribution is 7.16. The minimum atomic E-state index is -5.86. The molecule has 0 aliphatic heterocycles. The maximum Gasteiger partial charge on any atom is 0.440 e. The minimum absolute atomic E-state index is 0.0136. The summed E-state index contributed by atoms with van der Waals surface area (Å²) in [5.41, 5.74) is -0.973. The summed E-state index contributed by atoms with van der Waals surface area (Å²) < 4.78 is 88.6. The highest BCUT2D eigenvalue weighted by atomic mass is 32.1. The zero-order valence-corrected chi connectivity index (χ0v) is 21.3. The first-order chi connectivity index (χ1) is 18.2. The lowest BCUT2D eigenvalue weighted by Crippen LogP contribution is -2.45. The number of aryl methyl sites for hydroxylation is 1. The molecular weight excluding hydrogens is 554 g/mol. The van der Waals surface area contributed by atoms with Crippen LogP contribution in [0.15, 0.2) is 16.7 Å². The summed E-state index contributed by atoms with van der Waals surface area (Å²) in [4.78, 5) is 15.0. The second-order valence-electron chi connectivity index (χ2n) is 8.70. The summed E-state index contributed by atoms with van der Waals surface area (Å²) >= 11 is 0.923. The van der Waals surface area contributed by atoms with Crippen LogP contribution >= 0.6 is 11.3 Å². The van der Waals surface area contributed by atoms with Crippen molar-refractivity contribution in [1.29, 1.82) is 10.5 Å². The maximum absolute atomic E-state index is 13.8. The predicted molar refractivity (Wildman–Crippen MR) is 122 cm³/mol. The van der Waals surface area contributed by atoms with Crippen LogP contribution in [0, 0.1) is 29.6 Å². The van der Waals surface area contributed by atoms with Gasteiger partial charge in [-0.3, -0.25) is 9.48 Å². The number of halogens is 6. The Morgan fingerprint density at radius 2 is 1.97 bits per heavy atom. The molecule has 3 aromatic heterocycles. The molecule has 0 spiro atoms. The van der Waals surface area contributed by atoms with Crippen molar-refractivity contribution >= 4 is 17.2 Å². The third-order valence-corrected chi connectivity index (χ3v) is 7.18.